The van der Waals surface area contributed by atoms with Crippen LogP contribution in [0.15, 0.2) is 0 Å². The van der Waals surface area contributed by atoms with Crippen LogP contribution in [-0.2, 0) is 0 Å². The third kappa shape index (κ3) is 4.66. The maximum absolute atomic E-state index is 2.27. The highest BCUT2D eigenvalue weighted by atomic mass is 15.3. The Labute approximate surface area is 84.7 Å². The van der Waals surface area contributed by atoms with Crippen LogP contribution in [0.2, 0.25) is 0 Å². The molecule has 76 valence electrons. The molecule has 0 heterocycles. The maximum Gasteiger partial charge on any atom is 0.0817 e. The van der Waals surface area contributed by atoms with Crippen LogP contribution >= 0.6 is 0 Å². The van der Waals surface area contributed by atoms with Gasteiger partial charge in [-0.1, -0.05) is 27.7 Å². The molecular formula is C12H24N+. The molecular weight excluding hydrogens is 158 g/mol. The van der Waals surface area contributed by atoms with Crippen molar-refractivity contribution >= 4 is 0 Å². The van der Waals surface area contributed by atoms with Crippen molar-refractivity contribution in [3.63, 3.8) is 0 Å². The minimum Gasteiger partial charge on any atom is -0.323 e. The molecule has 0 aromatic carbocycles. The Morgan fingerprint density at radius 2 is 0.846 bits per heavy atom. The molecule has 0 saturated heterocycles. The van der Waals surface area contributed by atoms with Crippen molar-refractivity contribution in [2.75, 3.05) is 26.2 Å². The summed E-state index contributed by atoms with van der Waals surface area (Å²) in [6.45, 7) is 13.2. The molecule has 1 heteroatoms. The van der Waals surface area contributed by atoms with Crippen molar-refractivity contribution in [1.82, 2.24) is 0 Å². The number of rotatable bonds is 8. The van der Waals surface area contributed by atoms with Gasteiger partial charge in [-0.25, -0.2) is 0 Å². The van der Waals surface area contributed by atoms with Gasteiger partial charge in [0.15, 0.2) is 0 Å². The van der Waals surface area contributed by atoms with Gasteiger partial charge in [0.1, 0.15) is 0 Å². The van der Waals surface area contributed by atoms with E-state index in [1.165, 1.54) is 26.2 Å². The van der Waals surface area contributed by atoms with Gasteiger partial charge < -0.3 is 4.48 Å². The van der Waals surface area contributed by atoms with Crippen molar-refractivity contribution < 1.29 is 4.48 Å². The van der Waals surface area contributed by atoms with E-state index in [1.807, 2.05) is 0 Å². The van der Waals surface area contributed by atoms with Crippen LogP contribution in [0.1, 0.15) is 27.7 Å². The molecule has 0 bridgehead atoms. The van der Waals surface area contributed by atoms with Crippen molar-refractivity contribution in [2.45, 2.75) is 27.7 Å². The molecule has 0 aliphatic rings. The second-order valence-corrected chi connectivity index (χ2v) is 3.70. The maximum atomic E-state index is 2.27. The Bertz CT molecular complexity index is 80.2. The van der Waals surface area contributed by atoms with Gasteiger partial charge >= 0.3 is 0 Å². The van der Waals surface area contributed by atoms with Crippen molar-refractivity contribution in [3.05, 3.63) is 25.7 Å². The van der Waals surface area contributed by atoms with Crippen LogP contribution < -0.4 is 0 Å². The van der Waals surface area contributed by atoms with Crippen molar-refractivity contribution in [1.29, 1.82) is 0 Å². The fourth-order valence-corrected chi connectivity index (χ4v) is 2.00. The Balaban J connectivity index is 4.19. The summed E-state index contributed by atoms with van der Waals surface area (Å²) in [6, 6.07) is 0. The molecule has 0 atom stereocenters. The van der Waals surface area contributed by atoms with Crippen LogP contribution in [-0.4, -0.2) is 30.7 Å². The molecule has 0 aromatic rings. The summed E-state index contributed by atoms with van der Waals surface area (Å²) in [7, 11) is 0. The highest BCUT2D eigenvalue weighted by Gasteiger charge is 2.23. The summed E-state index contributed by atoms with van der Waals surface area (Å²) >= 11 is 0. The van der Waals surface area contributed by atoms with Gasteiger partial charge in [-0.2, -0.15) is 0 Å². The molecule has 0 aromatic heterocycles. The Morgan fingerprint density at radius 3 is 1.00 bits per heavy atom. The van der Waals surface area contributed by atoms with Gasteiger partial charge in [-0.15, -0.1) is 0 Å². The van der Waals surface area contributed by atoms with Gasteiger partial charge in [-0.3, -0.25) is 0 Å². The van der Waals surface area contributed by atoms with Crippen molar-refractivity contribution in [2.24, 2.45) is 0 Å². The first-order chi connectivity index (χ1) is 6.24. The monoisotopic (exact) mass is 182 g/mol. The lowest BCUT2D eigenvalue weighted by Gasteiger charge is -2.38. The standard InChI is InChI=1S/C12H24N/c1-5-9-13(10-6-2,11-7-3)12-8-4/h5-8H,9-12H2,1-4H3/q+1. The topological polar surface area (TPSA) is 0 Å². The van der Waals surface area contributed by atoms with E-state index in [0.717, 1.165) is 4.48 Å². The molecule has 0 saturated carbocycles. The molecule has 0 unspecified atom stereocenters. The largest absolute Gasteiger partial charge is 0.323 e. The number of hydrogen-bond donors (Lipinski definition) is 0. The lowest BCUT2D eigenvalue weighted by molar-refractivity contribution is -0.913. The Morgan fingerprint density at radius 1 is 0.615 bits per heavy atom. The van der Waals surface area contributed by atoms with Gasteiger partial charge in [0.05, 0.1) is 26.2 Å². The molecule has 0 amide bonds. The van der Waals surface area contributed by atoms with Crippen LogP contribution in [0.3, 0.4) is 0 Å². The molecule has 0 aliphatic heterocycles. The molecule has 0 fully saturated rings. The minimum absolute atomic E-state index is 1.15. The van der Waals surface area contributed by atoms with E-state index in [1.54, 1.807) is 0 Å². The second-order valence-electron chi connectivity index (χ2n) is 3.70. The quantitative estimate of drug-likeness (QED) is 0.506. The van der Waals surface area contributed by atoms with Crippen molar-refractivity contribution in [3.8, 4) is 0 Å². The van der Waals surface area contributed by atoms with E-state index in [9.17, 15) is 0 Å². The summed E-state index contributed by atoms with van der Waals surface area (Å²) in [5.74, 6) is 0. The van der Waals surface area contributed by atoms with Crippen LogP contribution in [0, 0.1) is 25.7 Å². The van der Waals surface area contributed by atoms with Crippen LogP contribution in [0.5, 0.6) is 0 Å². The first-order valence-corrected chi connectivity index (χ1v) is 5.21. The summed E-state index contributed by atoms with van der Waals surface area (Å²) in [6.07, 6.45) is 9.10. The molecule has 0 aliphatic carbocycles. The average Bonchev–Trinajstić information content (AvgIpc) is 2.06. The molecule has 0 spiro atoms. The second kappa shape index (κ2) is 7.37. The fraction of sp³-hybridized carbons (Fsp3) is 0.667. The lowest BCUT2D eigenvalue weighted by Crippen LogP contribution is -2.50. The SMILES string of the molecule is C[CH]C[N+](C[CH]C)(C[CH]C)C[CH]C. The smallest absolute Gasteiger partial charge is 0.0817 e. The number of quaternary nitrogens is 1. The molecule has 0 N–H and O–H groups in total. The highest BCUT2D eigenvalue weighted by Crippen LogP contribution is 2.11. The fourth-order valence-electron chi connectivity index (χ4n) is 2.00. The zero-order valence-corrected chi connectivity index (χ0v) is 9.59. The van der Waals surface area contributed by atoms with Gasteiger partial charge in [0.25, 0.3) is 0 Å². The Kier molecular flexibility index (Phi) is 7.35. The van der Waals surface area contributed by atoms with E-state index in [2.05, 4.69) is 53.4 Å². The first-order valence-electron chi connectivity index (χ1n) is 5.21. The summed E-state index contributed by atoms with van der Waals surface area (Å²) in [5.41, 5.74) is 0. The molecule has 4 radical (unpaired) electrons. The number of hydrogen-bond acceptors (Lipinski definition) is 0. The highest BCUT2D eigenvalue weighted by molar-refractivity contribution is 4.69. The lowest BCUT2D eigenvalue weighted by atomic mass is 10.2. The predicted octanol–water partition coefficient (Wildman–Crippen LogP) is 2.70. The van der Waals surface area contributed by atoms with E-state index < -0.39 is 0 Å². The zero-order chi connectivity index (χ0) is 10.2. The van der Waals surface area contributed by atoms with Gasteiger partial charge in [0, 0.05) is 25.7 Å². The van der Waals surface area contributed by atoms with E-state index in [4.69, 9.17) is 0 Å². The average molecular weight is 182 g/mol. The molecule has 1 nitrogen and oxygen atoms in total. The first kappa shape index (κ1) is 13.0. The number of nitrogens with zero attached hydrogens (tertiary/aromatic N) is 1. The van der Waals surface area contributed by atoms with Gasteiger partial charge in [0.2, 0.25) is 0 Å². The minimum atomic E-state index is 1.15. The van der Waals surface area contributed by atoms with Gasteiger partial charge in [-0.05, 0) is 0 Å². The normalized spacial score (nSPS) is 12.0. The van der Waals surface area contributed by atoms with E-state index >= 15 is 0 Å². The molecule has 0 rings (SSSR count). The summed E-state index contributed by atoms with van der Waals surface area (Å²) in [5, 5.41) is 0. The van der Waals surface area contributed by atoms with Crippen LogP contribution in [0.4, 0.5) is 0 Å². The zero-order valence-electron chi connectivity index (χ0n) is 9.59. The van der Waals surface area contributed by atoms with E-state index in [0.29, 0.717) is 0 Å². The Hall–Kier alpha value is -0.0400. The third-order valence-corrected chi connectivity index (χ3v) is 2.28. The van der Waals surface area contributed by atoms with E-state index in [-0.39, 0.29) is 0 Å². The predicted molar refractivity (Wildman–Crippen MR) is 59.6 cm³/mol. The summed E-state index contributed by atoms with van der Waals surface area (Å²) < 4.78 is 1.15. The third-order valence-electron chi connectivity index (χ3n) is 2.28. The summed E-state index contributed by atoms with van der Waals surface area (Å²) in [4.78, 5) is 0. The molecule has 13 heavy (non-hydrogen) atoms. The van der Waals surface area contributed by atoms with Crippen LogP contribution in [0.25, 0.3) is 0 Å².